The molecule has 1 heterocycles. The maximum atomic E-state index is 12.5. The van der Waals surface area contributed by atoms with Crippen molar-refractivity contribution in [1.29, 1.82) is 0 Å². The van der Waals surface area contributed by atoms with Gasteiger partial charge >= 0.3 is 6.09 Å². The molecule has 140 valence electrons. The van der Waals surface area contributed by atoms with Crippen LogP contribution in [0.25, 0.3) is 0 Å². The highest BCUT2D eigenvalue weighted by atomic mass is 28.4. The van der Waals surface area contributed by atoms with Gasteiger partial charge in [-0.2, -0.15) is 0 Å². The van der Waals surface area contributed by atoms with Crippen LogP contribution in [-0.4, -0.2) is 55.3 Å². The van der Waals surface area contributed by atoms with E-state index in [4.69, 9.17) is 14.3 Å². The fourth-order valence-electron chi connectivity index (χ4n) is 2.44. The first kappa shape index (κ1) is 21.2. The van der Waals surface area contributed by atoms with Crippen LogP contribution in [0.5, 0.6) is 0 Å². The highest BCUT2D eigenvalue weighted by Gasteiger charge is 2.43. The number of ether oxygens (including phenoxy) is 1. The van der Waals surface area contributed by atoms with Crippen molar-refractivity contribution >= 4 is 14.4 Å². The highest BCUT2D eigenvalue weighted by Crippen LogP contribution is 2.39. The molecule has 1 aliphatic heterocycles. The minimum atomic E-state index is -1.89. The van der Waals surface area contributed by atoms with Crippen LogP contribution in [0, 0.1) is 0 Å². The first-order valence-electron chi connectivity index (χ1n) is 8.72. The summed E-state index contributed by atoms with van der Waals surface area (Å²) in [4.78, 5) is 14.2. The molecule has 1 N–H and O–H groups in total. The third kappa shape index (κ3) is 5.90. The molecule has 0 spiro atoms. The van der Waals surface area contributed by atoms with Gasteiger partial charge < -0.3 is 14.3 Å². The molecule has 24 heavy (non-hydrogen) atoms. The zero-order chi connectivity index (χ0) is 18.8. The fourth-order valence-corrected chi connectivity index (χ4v) is 3.79. The lowest BCUT2D eigenvalue weighted by Gasteiger charge is -2.38. The molecule has 0 unspecified atom stereocenters. The van der Waals surface area contributed by atoms with E-state index in [1.54, 1.807) is 11.0 Å². The predicted molar refractivity (Wildman–Crippen MR) is 99.6 cm³/mol. The maximum absolute atomic E-state index is 12.5. The average Bonchev–Trinajstić information content (AvgIpc) is 2.75. The van der Waals surface area contributed by atoms with Gasteiger partial charge in [-0.1, -0.05) is 32.9 Å². The van der Waals surface area contributed by atoms with Gasteiger partial charge in [-0.3, -0.25) is 4.90 Å². The largest absolute Gasteiger partial charge is 0.444 e. The topological polar surface area (TPSA) is 59.0 Å². The number of hydrogen-bond acceptors (Lipinski definition) is 4. The molecule has 0 radical (unpaired) electrons. The molecule has 0 aromatic heterocycles. The van der Waals surface area contributed by atoms with E-state index >= 15 is 0 Å². The Kier molecular flexibility index (Phi) is 6.69. The number of amides is 1. The molecule has 6 heteroatoms. The number of hydrogen-bond donors (Lipinski definition) is 1. The minimum absolute atomic E-state index is 0.00625. The van der Waals surface area contributed by atoms with E-state index < -0.39 is 13.9 Å². The second-order valence-electron chi connectivity index (χ2n) is 9.05. The van der Waals surface area contributed by atoms with Crippen molar-refractivity contribution < 1.29 is 19.1 Å². The zero-order valence-electron chi connectivity index (χ0n) is 16.5. The summed E-state index contributed by atoms with van der Waals surface area (Å²) in [6.07, 6.45) is 3.97. The Bertz CT molecular complexity index is 463. The van der Waals surface area contributed by atoms with E-state index in [1.807, 2.05) is 26.8 Å². The third-order valence-corrected chi connectivity index (χ3v) is 9.20. The number of likely N-dealkylation sites (tertiary alicyclic amines) is 1. The van der Waals surface area contributed by atoms with Crippen molar-refractivity contribution in [3.63, 3.8) is 0 Å². The Hall–Kier alpha value is -0.853. The number of nitrogens with zero attached hydrogens (tertiary/aromatic N) is 1. The lowest BCUT2D eigenvalue weighted by molar-refractivity contribution is 0.0237. The molecule has 0 aliphatic carbocycles. The van der Waals surface area contributed by atoms with Gasteiger partial charge in [-0.25, -0.2) is 4.79 Å². The fraction of sp³-hybridized carbons (Fsp3) is 0.833. The summed E-state index contributed by atoms with van der Waals surface area (Å²) in [6.45, 7) is 17.2. The predicted octanol–water partition coefficient (Wildman–Crippen LogP) is 3.93. The Labute approximate surface area is 148 Å². The summed E-state index contributed by atoms with van der Waals surface area (Å²) in [7, 11) is -1.89. The van der Waals surface area contributed by atoms with Crippen LogP contribution < -0.4 is 0 Å². The second kappa shape index (κ2) is 7.58. The molecule has 0 bridgehead atoms. The molecule has 1 rings (SSSR count). The third-order valence-electron chi connectivity index (χ3n) is 4.66. The molecular formula is C18H35NO4Si. The molecule has 1 amide bonds. The average molecular weight is 358 g/mol. The highest BCUT2D eigenvalue weighted by molar-refractivity contribution is 6.74. The molecule has 1 saturated heterocycles. The molecule has 2 atom stereocenters. The van der Waals surface area contributed by atoms with Gasteiger partial charge in [0.05, 0.1) is 18.8 Å². The maximum Gasteiger partial charge on any atom is 0.410 e. The second-order valence-corrected chi connectivity index (χ2v) is 13.8. The van der Waals surface area contributed by atoms with Crippen LogP contribution in [0.1, 0.15) is 48.0 Å². The molecule has 1 aliphatic rings. The number of aliphatic hydroxyl groups is 1. The normalized spacial score (nSPS) is 23.1. The van der Waals surface area contributed by atoms with Crippen LogP contribution in [-0.2, 0) is 9.16 Å². The van der Waals surface area contributed by atoms with Crippen molar-refractivity contribution in [2.45, 2.75) is 83.8 Å². The number of carbonyl (C=O) groups excluding carboxylic acids is 1. The Morgan fingerprint density at radius 3 is 2.29 bits per heavy atom. The summed E-state index contributed by atoms with van der Waals surface area (Å²) in [5.74, 6) is 0. The smallest absolute Gasteiger partial charge is 0.410 e. The Morgan fingerprint density at radius 1 is 1.25 bits per heavy atom. The molecule has 5 nitrogen and oxygen atoms in total. The summed E-state index contributed by atoms with van der Waals surface area (Å²) in [6, 6.07) is -0.0956. The van der Waals surface area contributed by atoms with Crippen molar-refractivity contribution in [3.8, 4) is 0 Å². The van der Waals surface area contributed by atoms with Crippen LogP contribution >= 0.6 is 0 Å². The van der Waals surface area contributed by atoms with Crippen molar-refractivity contribution in [2.75, 3.05) is 13.2 Å². The number of carbonyl (C=O) groups is 1. The van der Waals surface area contributed by atoms with Gasteiger partial charge in [-0.05, 0) is 45.3 Å². The number of rotatable bonds is 4. The van der Waals surface area contributed by atoms with Crippen molar-refractivity contribution in [2.24, 2.45) is 0 Å². The molecule has 0 aromatic carbocycles. The first-order valence-corrected chi connectivity index (χ1v) is 11.6. The van der Waals surface area contributed by atoms with Crippen LogP contribution in [0.4, 0.5) is 4.79 Å². The SMILES string of the molecule is CC(C)(C)OC(=O)N1C[C@H](O[Si](C)(C)C(C)(C)C)C[C@H]1/C=C/CO. The minimum Gasteiger partial charge on any atom is -0.444 e. The van der Waals surface area contributed by atoms with Gasteiger partial charge in [0.2, 0.25) is 0 Å². The van der Waals surface area contributed by atoms with Crippen LogP contribution in [0.3, 0.4) is 0 Å². The first-order chi connectivity index (χ1) is 10.8. The van der Waals surface area contributed by atoms with Crippen LogP contribution in [0.15, 0.2) is 12.2 Å². The molecular weight excluding hydrogens is 322 g/mol. The summed E-state index contributed by atoms with van der Waals surface area (Å²) >= 11 is 0. The quantitative estimate of drug-likeness (QED) is 0.612. The van der Waals surface area contributed by atoms with E-state index in [9.17, 15) is 4.79 Å². The lowest BCUT2D eigenvalue weighted by Crippen LogP contribution is -2.45. The van der Waals surface area contributed by atoms with Crippen molar-refractivity contribution in [3.05, 3.63) is 12.2 Å². The van der Waals surface area contributed by atoms with Crippen LogP contribution in [0.2, 0.25) is 18.1 Å². The van der Waals surface area contributed by atoms with Crippen molar-refractivity contribution in [1.82, 2.24) is 4.90 Å². The van der Waals surface area contributed by atoms with E-state index in [-0.39, 0.29) is 29.9 Å². The Balaban J connectivity index is 2.87. The molecule has 0 aromatic rings. The van der Waals surface area contributed by atoms with E-state index in [0.717, 1.165) is 6.42 Å². The zero-order valence-corrected chi connectivity index (χ0v) is 17.5. The monoisotopic (exact) mass is 357 g/mol. The van der Waals surface area contributed by atoms with Gasteiger partial charge in [0, 0.05) is 6.54 Å². The van der Waals surface area contributed by atoms with Gasteiger partial charge in [0.15, 0.2) is 8.32 Å². The Morgan fingerprint density at radius 2 is 1.83 bits per heavy atom. The summed E-state index contributed by atoms with van der Waals surface area (Å²) in [5, 5.41) is 9.18. The molecule has 1 fully saturated rings. The summed E-state index contributed by atoms with van der Waals surface area (Å²) < 4.78 is 12.0. The number of aliphatic hydroxyl groups excluding tert-OH is 1. The van der Waals surface area contributed by atoms with E-state index in [1.165, 1.54) is 0 Å². The standard InChI is InChI=1S/C18H35NO4Si/c1-17(2,3)22-16(21)19-13-15(12-14(19)10-9-11-20)23-24(7,8)18(4,5)6/h9-10,14-15,20H,11-13H2,1-8H3/b10-9+/t14-,15-/m1/s1. The lowest BCUT2D eigenvalue weighted by atomic mass is 10.2. The van der Waals surface area contributed by atoms with Gasteiger partial charge in [0.25, 0.3) is 0 Å². The summed E-state index contributed by atoms with van der Waals surface area (Å²) in [5.41, 5.74) is -0.527. The van der Waals surface area contributed by atoms with Gasteiger partial charge in [0.1, 0.15) is 5.60 Å². The van der Waals surface area contributed by atoms with E-state index in [0.29, 0.717) is 6.54 Å². The van der Waals surface area contributed by atoms with Gasteiger partial charge in [-0.15, -0.1) is 0 Å². The molecule has 0 saturated carbocycles. The van der Waals surface area contributed by atoms with E-state index in [2.05, 4.69) is 33.9 Å².